The molecule has 7 nitrogen and oxygen atoms in total. The number of benzene rings is 1. The molecule has 1 aliphatic rings. The van der Waals surface area contributed by atoms with Crippen LogP contribution in [0.25, 0.3) is 0 Å². The van der Waals surface area contributed by atoms with Crippen LogP contribution in [0, 0.1) is 13.8 Å². The lowest BCUT2D eigenvalue weighted by Crippen LogP contribution is -2.28. The quantitative estimate of drug-likeness (QED) is 0.784. The molecule has 1 unspecified atom stereocenters. The summed E-state index contributed by atoms with van der Waals surface area (Å²) in [6.07, 6.45) is 1.23. The van der Waals surface area contributed by atoms with Gasteiger partial charge in [-0.2, -0.15) is 10.1 Å². The molecule has 1 atom stereocenters. The Morgan fingerprint density at radius 2 is 1.78 bits per heavy atom. The number of aryl methyl sites for hydroxylation is 2. The van der Waals surface area contributed by atoms with Crippen molar-refractivity contribution < 1.29 is 0 Å². The van der Waals surface area contributed by atoms with Crippen LogP contribution in [0.1, 0.15) is 28.9 Å². The number of aliphatic imine (C=N–C) groups is 1. The van der Waals surface area contributed by atoms with Crippen LogP contribution in [0.15, 0.2) is 47.7 Å². The van der Waals surface area contributed by atoms with E-state index in [-0.39, 0.29) is 6.17 Å². The maximum Gasteiger partial charge on any atom is 0.229 e. The van der Waals surface area contributed by atoms with E-state index < -0.39 is 0 Å². The number of hydrogen-bond donors (Lipinski definition) is 1. The van der Waals surface area contributed by atoms with Crippen molar-refractivity contribution in [2.24, 2.45) is 4.99 Å². The van der Waals surface area contributed by atoms with E-state index in [1.165, 1.54) is 6.33 Å². The van der Waals surface area contributed by atoms with E-state index in [1.807, 2.05) is 50.2 Å². The minimum Gasteiger partial charge on any atom is -0.306 e. The predicted octanol–water partition coefficient (Wildman–Crippen LogP) is 2.10. The molecule has 1 aliphatic heterocycles. The first kappa shape index (κ1) is 13.6. The molecule has 1 N–H and O–H groups in total. The lowest BCUT2D eigenvalue weighted by molar-refractivity contribution is 0.542. The van der Waals surface area contributed by atoms with E-state index in [1.54, 1.807) is 4.68 Å². The molecule has 0 amide bonds. The van der Waals surface area contributed by atoms with Crippen molar-refractivity contribution in [3.63, 3.8) is 0 Å². The molecular weight excluding hydrogens is 290 g/mol. The third kappa shape index (κ3) is 2.46. The molecule has 0 radical (unpaired) electrons. The fraction of sp³-hybridized carbons (Fsp3) is 0.188. The summed E-state index contributed by atoms with van der Waals surface area (Å²) in [6.45, 7) is 3.89. The van der Waals surface area contributed by atoms with Crippen LogP contribution in [0.4, 0.5) is 5.95 Å². The molecule has 1 aromatic carbocycles. The number of amidine groups is 1. The number of hydrogen-bond acceptors (Lipinski definition) is 6. The molecule has 0 bridgehead atoms. The van der Waals surface area contributed by atoms with E-state index in [0.717, 1.165) is 17.0 Å². The van der Waals surface area contributed by atoms with Crippen LogP contribution < -0.4 is 5.32 Å². The van der Waals surface area contributed by atoms with Crippen LogP contribution in [0.3, 0.4) is 0 Å². The molecule has 0 aliphatic carbocycles. The first-order valence-electron chi connectivity index (χ1n) is 7.32. The van der Waals surface area contributed by atoms with Gasteiger partial charge in [-0.05, 0) is 25.5 Å². The largest absolute Gasteiger partial charge is 0.306 e. The van der Waals surface area contributed by atoms with Gasteiger partial charge in [-0.3, -0.25) is 0 Å². The summed E-state index contributed by atoms with van der Waals surface area (Å²) in [5.41, 5.74) is 2.84. The highest BCUT2D eigenvalue weighted by Crippen LogP contribution is 2.26. The van der Waals surface area contributed by atoms with Gasteiger partial charge in [-0.1, -0.05) is 30.3 Å². The summed E-state index contributed by atoms with van der Waals surface area (Å²) in [4.78, 5) is 18.0. The SMILES string of the molecule is Cc1cc(C)nc(C2=NC(c3ccccc3)n3ncnc3N2)n1. The van der Waals surface area contributed by atoms with Crippen LogP contribution in [-0.4, -0.2) is 30.6 Å². The van der Waals surface area contributed by atoms with Gasteiger partial charge in [0, 0.05) is 11.4 Å². The molecule has 3 aromatic rings. The molecule has 3 heterocycles. The minimum absolute atomic E-state index is 0.283. The Kier molecular flexibility index (Phi) is 3.11. The Bertz CT molecular complexity index is 862. The first-order valence-corrected chi connectivity index (χ1v) is 7.32. The van der Waals surface area contributed by atoms with Crippen molar-refractivity contribution in [1.82, 2.24) is 24.7 Å². The molecule has 7 heteroatoms. The first-order chi connectivity index (χ1) is 11.2. The van der Waals surface area contributed by atoms with Gasteiger partial charge in [0.05, 0.1) is 0 Å². The third-order valence-electron chi connectivity index (χ3n) is 3.58. The zero-order valence-corrected chi connectivity index (χ0v) is 12.8. The smallest absolute Gasteiger partial charge is 0.229 e. The second-order valence-electron chi connectivity index (χ2n) is 5.39. The van der Waals surface area contributed by atoms with Crippen molar-refractivity contribution in [3.05, 3.63) is 65.5 Å². The van der Waals surface area contributed by atoms with E-state index in [9.17, 15) is 0 Å². The number of anilines is 1. The van der Waals surface area contributed by atoms with Crippen LogP contribution in [0.2, 0.25) is 0 Å². The molecule has 4 rings (SSSR count). The number of rotatable bonds is 2. The van der Waals surface area contributed by atoms with Crippen molar-refractivity contribution in [2.45, 2.75) is 20.0 Å². The summed E-state index contributed by atoms with van der Waals surface area (Å²) in [7, 11) is 0. The Hall–Kier alpha value is -3.09. The zero-order chi connectivity index (χ0) is 15.8. The van der Waals surface area contributed by atoms with E-state index >= 15 is 0 Å². The van der Waals surface area contributed by atoms with Gasteiger partial charge < -0.3 is 5.32 Å². The molecule has 23 heavy (non-hydrogen) atoms. The number of nitrogens with one attached hydrogen (secondary N) is 1. The molecule has 114 valence electrons. The maximum absolute atomic E-state index is 4.76. The Morgan fingerprint density at radius 1 is 1.04 bits per heavy atom. The summed E-state index contributed by atoms with van der Waals surface area (Å²) in [5.74, 6) is 1.80. The van der Waals surface area contributed by atoms with Gasteiger partial charge in [0.1, 0.15) is 6.33 Å². The fourth-order valence-electron chi connectivity index (χ4n) is 2.62. The number of aromatic nitrogens is 5. The van der Waals surface area contributed by atoms with Crippen LogP contribution in [0.5, 0.6) is 0 Å². The lowest BCUT2D eigenvalue weighted by atomic mass is 10.1. The van der Waals surface area contributed by atoms with Gasteiger partial charge in [0.25, 0.3) is 0 Å². The zero-order valence-electron chi connectivity index (χ0n) is 12.8. The van der Waals surface area contributed by atoms with Crippen LogP contribution in [-0.2, 0) is 0 Å². The third-order valence-corrected chi connectivity index (χ3v) is 3.58. The molecule has 0 saturated carbocycles. The maximum atomic E-state index is 4.76. The van der Waals surface area contributed by atoms with Gasteiger partial charge in [0.15, 0.2) is 17.8 Å². The summed E-state index contributed by atoms with van der Waals surface area (Å²) < 4.78 is 1.75. The summed E-state index contributed by atoms with van der Waals surface area (Å²) in [5, 5.41) is 7.43. The molecule has 2 aromatic heterocycles. The Labute approximate surface area is 133 Å². The minimum atomic E-state index is -0.283. The second-order valence-corrected chi connectivity index (χ2v) is 5.39. The highest BCUT2D eigenvalue weighted by atomic mass is 15.5. The number of nitrogens with zero attached hydrogens (tertiary/aromatic N) is 6. The molecule has 0 saturated heterocycles. The van der Waals surface area contributed by atoms with Crippen molar-refractivity contribution >= 4 is 11.8 Å². The van der Waals surface area contributed by atoms with Crippen molar-refractivity contribution in [2.75, 3.05) is 5.32 Å². The number of fused-ring (bicyclic) bond motifs is 1. The van der Waals surface area contributed by atoms with Crippen molar-refractivity contribution in [3.8, 4) is 0 Å². The molecule has 0 spiro atoms. The van der Waals surface area contributed by atoms with Gasteiger partial charge in [0.2, 0.25) is 5.95 Å². The Morgan fingerprint density at radius 3 is 2.52 bits per heavy atom. The summed E-state index contributed by atoms with van der Waals surface area (Å²) >= 11 is 0. The summed E-state index contributed by atoms with van der Waals surface area (Å²) in [6, 6.07) is 11.9. The average Bonchev–Trinajstić information content (AvgIpc) is 3.02. The second kappa shape index (κ2) is 5.28. The van der Waals surface area contributed by atoms with Gasteiger partial charge >= 0.3 is 0 Å². The predicted molar refractivity (Wildman–Crippen MR) is 86.3 cm³/mol. The van der Waals surface area contributed by atoms with E-state index in [0.29, 0.717) is 17.6 Å². The van der Waals surface area contributed by atoms with E-state index in [4.69, 9.17) is 4.99 Å². The molecular formula is C16H15N7. The van der Waals surface area contributed by atoms with Gasteiger partial charge in [-0.15, -0.1) is 0 Å². The highest BCUT2D eigenvalue weighted by molar-refractivity contribution is 6.05. The topological polar surface area (TPSA) is 80.9 Å². The average molecular weight is 305 g/mol. The van der Waals surface area contributed by atoms with E-state index in [2.05, 4.69) is 25.4 Å². The Balaban J connectivity index is 1.84. The standard InChI is InChI=1S/C16H15N7/c1-10-8-11(2)20-13(19-10)14-21-15(12-6-4-3-5-7-12)23-16(22-14)17-9-18-23/h3-9,15H,1-2H3,(H,17,18,21,22). The molecule has 0 fully saturated rings. The van der Waals surface area contributed by atoms with Crippen molar-refractivity contribution in [1.29, 1.82) is 0 Å². The fourth-order valence-corrected chi connectivity index (χ4v) is 2.62. The van der Waals surface area contributed by atoms with Gasteiger partial charge in [-0.25, -0.2) is 19.6 Å². The monoisotopic (exact) mass is 305 g/mol. The highest BCUT2D eigenvalue weighted by Gasteiger charge is 2.25. The lowest BCUT2D eigenvalue weighted by Gasteiger charge is -2.22. The van der Waals surface area contributed by atoms with Crippen LogP contribution >= 0.6 is 0 Å². The normalized spacial score (nSPS) is 16.4.